The Balaban J connectivity index is 2.00. The van der Waals surface area contributed by atoms with Crippen LogP contribution in [0.3, 0.4) is 0 Å². The first-order chi connectivity index (χ1) is 7.42. The van der Waals surface area contributed by atoms with Gasteiger partial charge in [-0.05, 0) is 12.5 Å². The van der Waals surface area contributed by atoms with E-state index >= 15 is 0 Å². The van der Waals surface area contributed by atoms with Crippen LogP contribution in [0, 0.1) is 0 Å². The van der Waals surface area contributed by atoms with Crippen molar-refractivity contribution in [3.63, 3.8) is 0 Å². The molecule has 0 amide bonds. The van der Waals surface area contributed by atoms with Gasteiger partial charge >= 0.3 is 0 Å². The molecule has 0 unspecified atom stereocenters. The average molecular weight is 202 g/mol. The molecule has 1 aliphatic heterocycles. The second-order valence-electron chi connectivity index (χ2n) is 3.45. The Morgan fingerprint density at radius 3 is 3.27 bits per heavy atom. The van der Waals surface area contributed by atoms with Crippen LogP contribution in [-0.2, 0) is 4.74 Å². The first-order valence-electron chi connectivity index (χ1n) is 4.90. The molecule has 3 heterocycles. The van der Waals surface area contributed by atoms with Gasteiger partial charge in [0, 0.05) is 24.4 Å². The molecule has 0 bridgehead atoms. The summed E-state index contributed by atoms with van der Waals surface area (Å²) in [6.45, 7) is 0.824. The van der Waals surface area contributed by atoms with E-state index in [1.165, 1.54) is 6.33 Å². The van der Waals surface area contributed by atoms with Gasteiger partial charge in [0.25, 0.3) is 5.78 Å². The standard InChI is InChI=1S/C10H10N4O/c1-2-9(15-3-1)4-8-5-11-10-12-7-13-14(10)6-8/h4-7H,1-3H2. The Hall–Kier alpha value is -1.91. The van der Waals surface area contributed by atoms with E-state index in [1.807, 2.05) is 12.3 Å². The Morgan fingerprint density at radius 2 is 2.40 bits per heavy atom. The molecular weight excluding hydrogens is 192 g/mol. The minimum absolute atomic E-state index is 0.615. The van der Waals surface area contributed by atoms with Crippen molar-refractivity contribution in [3.05, 3.63) is 30.0 Å². The normalized spacial score (nSPS) is 18.5. The maximum atomic E-state index is 5.44. The van der Waals surface area contributed by atoms with E-state index < -0.39 is 0 Å². The highest BCUT2D eigenvalue weighted by Gasteiger charge is 2.07. The van der Waals surface area contributed by atoms with Crippen molar-refractivity contribution in [2.75, 3.05) is 6.61 Å². The summed E-state index contributed by atoms with van der Waals surface area (Å²) in [4.78, 5) is 8.15. The number of hydrogen-bond donors (Lipinski definition) is 0. The molecule has 3 rings (SSSR count). The Bertz CT molecular complexity index is 509. The molecule has 0 atom stereocenters. The number of ether oxygens (including phenoxy) is 1. The fraction of sp³-hybridized carbons (Fsp3) is 0.300. The molecule has 2 aromatic rings. The second-order valence-corrected chi connectivity index (χ2v) is 3.45. The monoisotopic (exact) mass is 202 g/mol. The third-order valence-corrected chi connectivity index (χ3v) is 2.34. The van der Waals surface area contributed by atoms with Gasteiger partial charge in [0.2, 0.25) is 0 Å². The summed E-state index contributed by atoms with van der Waals surface area (Å²) < 4.78 is 7.09. The first-order valence-corrected chi connectivity index (χ1v) is 4.90. The van der Waals surface area contributed by atoms with Crippen LogP contribution in [0.15, 0.2) is 24.5 Å². The number of nitrogens with zero attached hydrogens (tertiary/aromatic N) is 4. The number of fused-ring (bicyclic) bond motifs is 1. The van der Waals surface area contributed by atoms with Crippen molar-refractivity contribution in [3.8, 4) is 0 Å². The topological polar surface area (TPSA) is 52.3 Å². The molecule has 5 nitrogen and oxygen atoms in total. The molecule has 15 heavy (non-hydrogen) atoms. The highest BCUT2D eigenvalue weighted by molar-refractivity contribution is 5.50. The number of rotatable bonds is 1. The highest BCUT2D eigenvalue weighted by Crippen LogP contribution is 2.18. The number of aromatic nitrogens is 4. The van der Waals surface area contributed by atoms with Gasteiger partial charge in [-0.25, -0.2) is 9.50 Å². The van der Waals surface area contributed by atoms with Crippen LogP contribution in [0.2, 0.25) is 0 Å². The van der Waals surface area contributed by atoms with E-state index in [-0.39, 0.29) is 0 Å². The van der Waals surface area contributed by atoms with E-state index in [0.717, 1.165) is 30.8 Å². The van der Waals surface area contributed by atoms with Crippen LogP contribution in [0.1, 0.15) is 18.4 Å². The summed E-state index contributed by atoms with van der Waals surface area (Å²) in [6.07, 6.45) is 9.27. The molecule has 1 saturated heterocycles. The lowest BCUT2D eigenvalue weighted by molar-refractivity contribution is 0.266. The van der Waals surface area contributed by atoms with Crippen molar-refractivity contribution in [2.24, 2.45) is 0 Å². The maximum Gasteiger partial charge on any atom is 0.252 e. The Labute approximate surface area is 86.4 Å². The minimum Gasteiger partial charge on any atom is -0.498 e. The molecule has 2 aromatic heterocycles. The summed E-state index contributed by atoms with van der Waals surface area (Å²) >= 11 is 0. The van der Waals surface area contributed by atoms with Gasteiger partial charge < -0.3 is 4.74 Å². The van der Waals surface area contributed by atoms with E-state index in [4.69, 9.17) is 4.74 Å². The first kappa shape index (κ1) is 8.40. The van der Waals surface area contributed by atoms with Gasteiger partial charge in [-0.15, -0.1) is 0 Å². The van der Waals surface area contributed by atoms with E-state index in [2.05, 4.69) is 15.1 Å². The second kappa shape index (κ2) is 3.34. The summed E-state index contributed by atoms with van der Waals surface area (Å²) in [5.74, 6) is 1.64. The zero-order chi connectivity index (χ0) is 10.1. The van der Waals surface area contributed by atoms with E-state index in [1.54, 1.807) is 10.7 Å². The lowest BCUT2D eigenvalue weighted by atomic mass is 10.2. The van der Waals surface area contributed by atoms with E-state index in [0.29, 0.717) is 5.78 Å². The predicted molar refractivity (Wildman–Crippen MR) is 53.9 cm³/mol. The average Bonchev–Trinajstić information content (AvgIpc) is 2.87. The molecule has 0 aliphatic carbocycles. The van der Waals surface area contributed by atoms with Gasteiger partial charge in [0.05, 0.1) is 12.4 Å². The molecule has 0 aromatic carbocycles. The molecule has 1 fully saturated rings. The lowest BCUT2D eigenvalue weighted by Crippen LogP contribution is -1.92. The molecule has 5 heteroatoms. The van der Waals surface area contributed by atoms with Crippen LogP contribution in [0.4, 0.5) is 0 Å². The third-order valence-electron chi connectivity index (χ3n) is 2.34. The minimum atomic E-state index is 0.615. The molecule has 0 spiro atoms. The van der Waals surface area contributed by atoms with Crippen molar-refractivity contribution < 1.29 is 4.74 Å². The van der Waals surface area contributed by atoms with Gasteiger partial charge in [0.1, 0.15) is 6.33 Å². The number of hydrogen-bond acceptors (Lipinski definition) is 4. The fourth-order valence-corrected chi connectivity index (χ4v) is 1.63. The Morgan fingerprint density at radius 1 is 1.40 bits per heavy atom. The zero-order valence-electron chi connectivity index (χ0n) is 8.13. The maximum absolute atomic E-state index is 5.44. The van der Waals surface area contributed by atoms with Crippen molar-refractivity contribution in [2.45, 2.75) is 12.8 Å². The third kappa shape index (κ3) is 1.56. The molecule has 76 valence electrons. The van der Waals surface area contributed by atoms with Crippen LogP contribution >= 0.6 is 0 Å². The van der Waals surface area contributed by atoms with Crippen LogP contribution in [0.25, 0.3) is 11.9 Å². The fourth-order valence-electron chi connectivity index (χ4n) is 1.63. The summed E-state index contributed by atoms with van der Waals surface area (Å²) in [6, 6.07) is 0. The van der Waals surface area contributed by atoms with Gasteiger partial charge in [-0.1, -0.05) is 0 Å². The van der Waals surface area contributed by atoms with Crippen molar-refractivity contribution >= 4 is 11.9 Å². The van der Waals surface area contributed by atoms with Gasteiger partial charge in [-0.3, -0.25) is 0 Å². The quantitative estimate of drug-likeness (QED) is 0.698. The molecule has 0 saturated carbocycles. The van der Waals surface area contributed by atoms with Gasteiger partial charge in [0.15, 0.2) is 0 Å². The zero-order valence-corrected chi connectivity index (χ0v) is 8.13. The molecule has 0 N–H and O–H groups in total. The SMILES string of the molecule is C(=C1CCCO1)c1cnc2ncnn2c1. The van der Waals surface area contributed by atoms with Crippen LogP contribution in [0.5, 0.6) is 0 Å². The molecule has 1 aliphatic rings. The summed E-state index contributed by atoms with van der Waals surface area (Å²) in [5.41, 5.74) is 0.991. The van der Waals surface area contributed by atoms with Crippen molar-refractivity contribution in [1.29, 1.82) is 0 Å². The van der Waals surface area contributed by atoms with Gasteiger partial charge in [-0.2, -0.15) is 10.1 Å². The van der Waals surface area contributed by atoms with Crippen molar-refractivity contribution in [1.82, 2.24) is 19.6 Å². The summed E-state index contributed by atoms with van der Waals surface area (Å²) in [7, 11) is 0. The Kier molecular flexibility index (Phi) is 1.87. The molecular formula is C10H10N4O. The highest BCUT2D eigenvalue weighted by atomic mass is 16.5. The van der Waals surface area contributed by atoms with Crippen LogP contribution in [-0.4, -0.2) is 26.2 Å². The molecule has 0 radical (unpaired) electrons. The smallest absolute Gasteiger partial charge is 0.252 e. The lowest BCUT2D eigenvalue weighted by Gasteiger charge is -1.98. The summed E-state index contributed by atoms with van der Waals surface area (Å²) in [5, 5.41) is 4.03. The van der Waals surface area contributed by atoms with E-state index in [9.17, 15) is 0 Å². The van der Waals surface area contributed by atoms with Crippen LogP contribution < -0.4 is 0 Å². The predicted octanol–water partition coefficient (Wildman–Crippen LogP) is 1.28. The number of allylic oxidation sites excluding steroid dienone is 1. The largest absolute Gasteiger partial charge is 0.498 e.